The van der Waals surface area contributed by atoms with Crippen LogP contribution in [-0.2, 0) is 11.0 Å². The first-order valence-corrected chi connectivity index (χ1v) is 7.76. The van der Waals surface area contributed by atoms with Gasteiger partial charge in [0.05, 0.1) is 11.0 Å². The molecule has 2 nitrogen and oxygen atoms in total. The van der Waals surface area contributed by atoms with Crippen molar-refractivity contribution in [2.24, 2.45) is 16.7 Å². The Bertz CT molecular complexity index is 660. The zero-order valence-electron chi connectivity index (χ0n) is 13.3. The molecule has 0 saturated heterocycles. The standard InChI is InChI=1S/C18H20F3NO/c1-11-16(2,3)13-8-9-17(11,10-13)15(23)22-14-6-4-12(5-7-14)18(19,20)21/h4-7,13H,1,8-10H2,2-3H3,(H,22,23). The molecule has 2 aliphatic carbocycles. The third-order valence-corrected chi connectivity index (χ3v) is 5.80. The molecule has 1 N–H and O–H groups in total. The van der Waals surface area contributed by atoms with E-state index in [9.17, 15) is 18.0 Å². The molecule has 2 atom stereocenters. The van der Waals surface area contributed by atoms with Gasteiger partial charge in [0.1, 0.15) is 0 Å². The van der Waals surface area contributed by atoms with Crippen LogP contribution in [0.5, 0.6) is 0 Å². The van der Waals surface area contributed by atoms with Crippen LogP contribution in [0.4, 0.5) is 18.9 Å². The van der Waals surface area contributed by atoms with Gasteiger partial charge in [-0.25, -0.2) is 0 Å². The summed E-state index contributed by atoms with van der Waals surface area (Å²) in [5.74, 6) is 0.309. The number of hydrogen-bond donors (Lipinski definition) is 1. The molecule has 1 aromatic rings. The van der Waals surface area contributed by atoms with Crippen LogP contribution in [0.25, 0.3) is 0 Å². The van der Waals surface area contributed by atoms with Crippen molar-refractivity contribution in [3.05, 3.63) is 42.0 Å². The normalized spacial score (nSPS) is 28.9. The molecule has 0 aliphatic heterocycles. The van der Waals surface area contributed by atoms with E-state index in [4.69, 9.17) is 0 Å². The summed E-state index contributed by atoms with van der Waals surface area (Å²) in [6.45, 7) is 8.40. The largest absolute Gasteiger partial charge is 0.416 e. The third kappa shape index (κ3) is 2.37. The number of carbonyl (C=O) groups excluding carboxylic acids is 1. The van der Waals surface area contributed by atoms with Gasteiger partial charge in [-0.2, -0.15) is 13.2 Å². The second-order valence-corrected chi connectivity index (χ2v) is 7.25. The number of hydrogen-bond acceptors (Lipinski definition) is 1. The third-order valence-electron chi connectivity index (χ3n) is 5.80. The number of alkyl halides is 3. The second-order valence-electron chi connectivity index (χ2n) is 7.25. The van der Waals surface area contributed by atoms with Gasteiger partial charge in [-0.1, -0.05) is 26.0 Å². The van der Waals surface area contributed by atoms with Crippen molar-refractivity contribution in [3.8, 4) is 0 Å². The molecule has 124 valence electrons. The Morgan fingerprint density at radius 1 is 1.26 bits per heavy atom. The smallest absolute Gasteiger partial charge is 0.325 e. The number of nitrogens with one attached hydrogen (secondary N) is 1. The lowest BCUT2D eigenvalue weighted by molar-refractivity contribution is -0.137. The molecule has 0 aromatic heterocycles. The van der Waals surface area contributed by atoms with Crippen molar-refractivity contribution in [3.63, 3.8) is 0 Å². The van der Waals surface area contributed by atoms with Crippen molar-refractivity contribution in [2.75, 3.05) is 5.32 Å². The highest BCUT2D eigenvalue weighted by molar-refractivity contribution is 5.98. The lowest BCUT2D eigenvalue weighted by atomic mass is 9.68. The minimum atomic E-state index is -4.37. The van der Waals surface area contributed by atoms with E-state index in [1.807, 2.05) is 0 Å². The van der Waals surface area contributed by atoms with Crippen molar-refractivity contribution in [1.82, 2.24) is 0 Å². The molecule has 2 unspecified atom stereocenters. The number of rotatable bonds is 2. The van der Waals surface area contributed by atoms with E-state index in [2.05, 4.69) is 25.7 Å². The SMILES string of the molecule is C=C1C2(C(=O)Nc3ccc(C(F)(F)F)cc3)CCC(C2)C1(C)C. The van der Waals surface area contributed by atoms with E-state index in [-0.39, 0.29) is 11.3 Å². The van der Waals surface area contributed by atoms with Crippen LogP contribution >= 0.6 is 0 Å². The van der Waals surface area contributed by atoms with Gasteiger partial charge in [-0.3, -0.25) is 4.79 Å². The van der Waals surface area contributed by atoms with Gasteiger partial charge in [0, 0.05) is 5.69 Å². The highest BCUT2D eigenvalue weighted by Crippen LogP contribution is 2.65. The van der Waals surface area contributed by atoms with Gasteiger partial charge in [0.2, 0.25) is 5.91 Å². The van der Waals surface area contributed by atoms with Crippen molar-refractivity contribution < 1.29 is 18.0 Å². The predicted octanol–water partition coefficient (Wildman–Crippen LogP) is 5.03. The van der Waals surface area contributed by atoms with E-state index in [1.165, 1.54) is 12.1 Å². The van der Waals surface area contributed by atoms with E-state index < -0.39 is 17.2 Å². The fraction of sp³-hybridized carbons (Fsp3) is 0.500. The average molecular weight is 323 g/mol. The van der Waals surface area contributed by atoms with Crippen molar-refractivity contribution >= 4 is 11.6 Å². The zero-order chi connectivity index (χ0) is 17.0. The number of halogens is 3. The molecular formula is C18H20F3NO. The summed E-state index contributed by atoms with van der Waals surface area (Å²) < 4.78 is 37.8. The average Bonchev–Trinajstić information content (AvgIpc) is 2.99. The van der Waals surface area contributed by atoms with Crippen LogP contribution in [0.1, 0.15) is 38.7 Å². The fourth-order valence-electron chi connectivity index (χ4n) is 4.14. The summed E-state index contributed by atoms with van der Waals surface area (Å²) in [4.78, 5) is 12.8. The lowest BCUT2D eigenvalue weighted by Gasteiger charge is -2.37. The van der Waals surface area contributed by atoms with Gasteiger partial charge in [-0.05, 0) is 54.9 Å². The highest BCUT2D eigenvalue weighted by atomic mass is 19.4. The molecule has 0 heterocycles. The van der Waals surface area contributed by atoms with Gasteiger partial charge in [0.25, 0.3) is 0 Å². The lowest BCUT2D eigenvalue weighted by Crippen LogP contribution is -2.37. The van der Waals surface area contributed by atoms with E-state index in [0.717, 1.165) is 37.0 Å². The number of benzene rings is 1. The molecule has 1 aromatic carbocycles. The molecule has 0 radical (unpaired) electrons. The molecule has 3 rings (SSSR count). The Labute approximate surface area is 133 Å². The predicted molar refractivity (Wildman–Crippen MR) is 82.8 cm³/mol. The summed E-state index contributed by atoms with van der Waals surface area (Å²) in [7, 11) is 0. The van der Waals surface area contributed by atoms with Crippen LogP contribution in [0.15, 0.2) is 36.4 Å². The number of carbonyl (C=O) groups is 1. The number of fused-ring (bicyclic) bond motifs is 2. The first-order chi connectivity index (χ1) is 10.6. The number of anilines is 1. The van der Waals surface area contributed by atoms with Crippen molar-refractivity contribution in [1.29, 1.82) is 0 Å². The number of amides is 1. The maximum Gasteiger partial charge on any atom is 0.416 e. The first kappa shape index (κ1) is 16.1. The molecule has 2 bridgehead atoms. The van der Waals surface area contributed by atoms with Crippen LogP contribution < -0.4 is 5.32 Å². The molecule has 2 saturated carbocycles. The minimum absolute atomic E-state index is 0.0598. The van der Waals surface area contributed by atoms with Gasteiger partial charge in [0.15, 0.2) is 0 Å². The molecule has 2 fully saturated rings. The molecule has 5 heteroatoms. The summed E-state index contributed by atoms with van der Waals surface area (Å²) in [5.41, 5.74) is -0.0166. The van der Waals surface area contributed by atoms with Gasteiger partial charge < -0.3 is 5.32 Å². The Morgan fingerprint density at radius 2 is 1.87 bits per heavy atom. The zero-order valence-corrected chi connectivity index (χ0v) is 13.3. The Balaban J connectivity index is 1.79. The molecule has 23 heavy (non-hydrogen) atoms. The Morgan fingerprint density at radius 3 is 2.35 bits per heavy atom. The Hall–Kier alpha value is -1.78. The molecular weight excluding hydrogens is 303 g/mol. The van der Waals surface area contributed by atoms with E-state index in [1.54, 1.807) is 0 Å². The van der Waals surface area contributed by atoms with Crippen LogP contribution in [0.2, 0.25) is 0 Å². The van der Waals surface area contributed by atoms with E-state index in [0.29, 0.717) is 11.6 Å². The molecule has 1 amide bonds. The van der Waals surface area contributed by atoms with Crippen molar-refractivity contribution in [2.45, 2.75) is 39.3 Å². The highest BCUT2D eigenvalue weighted by Gasteiger charge is 2.60. The van der Waals surface area contributed by atoms with Gasteiger partial charge in [-0.15, -0.1) is 0 Å². The Kier molecular flexibility index (Phi) is 3.40. The van der Waals surface area contributed by atoms with Crippen LogP contribution in [-0.4, -0.2) is 5.91 Å². The monoisotopic (exact) mass is 323 g/mol. The minimum Gasteiger partial charge on any atom is -0.325 e. The fourth-order valence-corrected chi connectivity index (χ4v) is 4.14. The summed E-state index contributed by atoms with van der Waals surface area (Å²) >= 11 is 0. The van der Waals surface area contributed by atoms with Crippen LogP contribution in [0.3, 0.4) is 0 Å². The quantitative estimate of drug-likeness (QED) is 0.760. The topological polar surface area (TPSA) is 29.1 Å². The maximum absolute atomic E-state index is 12.8. The maximum atomic E-state index is 12.8. The summed E-state index contributed by atoms with van der Waals surface area (Å²) in [5, 5.41) is 2.78. The van der Waals surface area contributed by atoms with E-state index >= 15 is 0 Å². The molecule has 2 aliphatic rings. The second kappa shape index (κ2) is 4.86. The first-order valence-electron chi connectivity index (χ1n) is 7.76. The van der Waals surface area contributed by atoms with Crippen LogP contribution in [0, 0.1) is 16.7 Å². The molecule has 0 spiro atoms. The summed E-state index contributed by atoms with van der Waals surface area (Å²) in [6.07, 6.45) is -1.83. The van der Waals surface area contributed by atoms with Gasteiger partial charge >= 0.3 is 6.18 Å². The summed E-state index contributed by atoms with van der Waals surface area (Å²) in [6, 6.07) is 4.57.